The average Bonchev–Trinajstić information content (AvgIpc) is 2.34. The smallest absolute Gasteiger partial charge is 0.267 e. The van der Waals surface area contributed by atoms with Crippen molar-refractivity contribution >= 4 is 10.0 Å². The summed E-state index contributed by atoms with van der Waals surface area (Å²) in [5, 5.41) is 11.9. The second-order valence-corrected chi connectivity index (χ2v) is 6.02. The molecular weight excluding hydrogens is 273 g/mol. The average molecular weight is 287 g/mol. The number of hydrogen-bond acceptors (Lipinski definition) is 5. The Labute approximate surface area is 110 Å². The Morgan fingerprint density at radius 1 is 1.37 bits per heavy atom. The van der Waals surface area contributed by atoms with Gasteiger partial charge in [0.1, 0.15) is 12.0 Å². The third kappa shape index (κ3) is 2.61. The van der Waals surface area contributed by atoms with Crippen LogP contribution in [0.25, 0.3) is 0 Å². The quantitative estimate of drug-likeness (QED) is 0.709. The lowest BCUT2D eigenvalue weighted by molar-refractivity contribution is 0.0347. The van der Waals surface area contributed by atoms with Crippen LogP contribution in [0.1, 0.15) is 5.56 Å². The van der Waals surface area contributed by atoms with E-state index in [4.69, 9.17) is 5.73 Å². The van der Waals surface area contributed by atoms with E-state index in [9.17, 15) is 17.9 Å². The number of hydrogen-bond donors (Lipinski definition) is 3. The van der Waals surface area contributed by atoms with Gasteiger partial charge in [-0.3, -0.25) is 5.32 Å². The maximum Gasteiger partial charge on any atom is 0.267 e. The largest absolute Gasteiger partial charge is 0.360 e. The summed E-state index contributed by atoms with van der Waals surface area (Å²) in [4.78, 5) is -0.0431. The van der Waals surface area contributed by atoms with Gasteiger partial charge >= 0.3 is 0 Å². The lowest BCUT2D eigenvalue weighted by Crippen LogP contribution is -2.56. The van der Waals surface area contributed by atoms with Gasteiger partial charge in [-0.1, -0.05) is 17.7 Å². The van der Waals surface area contributed by atoms with Crippen LogP contribution in [0.4, 0.5) is 4.39 Å². The molecule has 8 heteroatoms. The molecule has 1 aliphatic heterocycles. The van der Waals surface area contributed by atoms with Crippen LogP contribution in [0.2, 0.25) is 0 Å². The van der Waals surface area contributed by atoms with E-state index in [1.165, 1.54) is 12.1 Å². The van der Waals surface area contributed by atoms with E-state index in [-0.39, 0.29) is 4.90 Å². The number of aliphatic hydroxyl groups excluding tert-OH is 1. The van der Waals surface area contributed by atoms with Gasteiger partial charge in [0.2, 0.25) is 0 Å². The van der Waals surface area contributed by atoms with Crippen LogP contribution in [0.5, 0.6) is 0 Å². The van der Waals surface area contributed by atoms with Crippen molar-refractivity contribution in [3.05, 3.63) is 41.9 Å². The minimum atomic E-state index is -4.04. The summed E-state index contributed by atoms with van der Waals surface area (Å²) in [7, 11) is -4.04. The van der Waals surface area contributed by atoms with Crippen LogP contribution >= 0.6 is 0 Å². The standard InChI is InChI=1S/C11H14FN3O3S/c1-7-2-4-8(5-3-7)19(17,18)15-6-9(12)10(13)14-11(15)16/h2-6,10-11,14,16H,13H2,1H3. The highest BCUT2D eigenvalue weighted by molar-refractivity contribution is 7.89. The van der Waals surface area contributed by atoms with Crippen molar-refractivity contribution < 1.29 is 17.9 Å². The molecule has 104 valence electrons. The minimum absolute atomic E-state index is 0.0431. The molecule has 2 unspecified atom stereocenters. The molecule has 0 fully saturated rings. The van der Waals surface area contributed by atoms with Gasteiger partial charge in [-0.2, -0.15) is 0 Å². The maximum absolute atomic E-state index is 13.4. The zero-order chi connectivity index (χ0) is 14.2. The molecule has 1 aliphatic rings. The molecule has 0 aromatic heterocycles. The third-order valence-corrected chi connectivity index (χ3v) is 4.44. The van der Waals surface area contributed by atoms with E-state index in [0.717, 1.165) is 5.56 Å². The van der Waals surface area contributed by atoms with Crippen molar-refractivity contribution in [2.45, 2.75) is 24.3 Å². The van der Waals surface area contributed by atoms with Gasteiger partial charge in [0.15, 0.2) is 6.35 Å². The fraction of sp³-hybridized carbons (Fsp3) is 0.273. The Balaban J connectivity index is 2.42. The van der Waals surface area contributed by atoms with Gasteiger partial charge in [-0.25, -0.2) is 17.1 Å². The van der Waals surface area contributed by atoms with E-state index in [1.54, 1.807) is 12.1 Å². The highest BCUT2D eigenvalue weighted by Crippen LogP contribution is 2.22. The van der Waals surface area contributed by atoms with E-state index in [2.05, 4.69) is 5.32 Å². The first-order chi connectivity index (χ1) is 8.82. The molecule has 0 radical (unpaired) electrons. The van der Waals surface area contributed by atoms with Gasteiger partial charge in [0.25, 0.3) is 10.0 Å². The molecule has 0 aliphatic carbocycles. The Kier molecular flexibility index (Phi) is 3.59. The van der Waals surface area contributed by atoms with E-state index < -0.39 is 28.4 Å². The summed E-state index contributed by atoms with van der Waals surface area (Å²) in [5.41, 5.74) is 6.19. The van der Waals surface area contributed by atoms with Crippen LogP contribution in [-0.4, -0.2) is 30.3 Å². The second-order valence-electron chi connectivity index (χ2n) is 4.18. The summed E-state index contributed by atoms with van der Waals surface area (Å²) in [5.74, 6) is -0.874. The van der Waals surface area contributed by atoms with Crippen LogP contribution < -0.4 is 11.1 Å². The molecule has 0 amide bonds. The molecular formula is C11H14FN3O3S. The van der Waals surface area contributed by atoms with E-state index in [1.807, 2.05) is 6.92 Å². The summed E-state index contributed by atoms with van der Waals surface area (Å²) in [6.07, 6.45) is -2.15. The molecule has 1 aromatic rings. The SMILES string of the molecule is Cc1ccc(S(=O)(=O)N2C=C(F)C(N)NC2O)cc1. The number of halogens is 1. The minimum Gasteiger partial charge on any atom is -0.360 e. The molecule has 2 atom stereocenters. The zero-order valence-electron chi connectivity index (χ0n) is 10.1. The predicted octanol–water partition coefficient (Wildman–Crippen LogP) is -0.0395. The molecule has 19 heavy (non-hydrogen) atoms. The molecule has 1 aromatic carbocycles. The molecule has 1 heterocycles. The highest BCUT2D eigenvalue weighted by Gasteiger charge is 2.33. The second kappa shape index (κ2) is 4.89. The first-order valence-electron chi connectivity index (χ1n) is 5.49. The van der Waals surface area contributed by atoms with Gasteiger partial charge in [0, 0.05) is 0 Å². The number of aryl methyl sites for hydroxylation is 1. The summed E-state index contributed by atoms with van der Waals surface area (Å²) in [6, 6.07) is 6.00. The molecule has 0 bridgehead atoms. The lowest BCUT2D eigenvalue weighted by atomic mass is 10.2. The summed E-state index contributed by atoms with van der Waals surface area (Å²) in [6.45, 7) is 1.81. The van der Waals surface area contributed by atoms with Crippen molar-refractivity contribution in [1.29, 1.82) is 0 Å². The Bertz CT molecular complexity index is 600. The van der Waals surface area contributed by atoms with E-state index >= 15 is 0 Å². The number of nitrogens with one attached hydrogen (secondary N) is 1. The number of aliphatic hydroxyl groups is 1. The topological polar surface area (TPSA) is 95.7 Å². The fourth-order valence-corrected chi connectivity index (χ4v) is 2.91. The first-order valence-corrected chi connectivity index (χ1v) is 6.93. The van der Waals surface area contributed by atoms with Gasteiger partial charge in [0.05, 0.1) is 11.1 Å². The number of nitrogens with zero attached hydrogens (tertiary/aromatic N) is 1. The van der Waals surface area contributed by atoms with Crippen molar-refractivity contribution in [2.75, 3.05) is 0 Å². The normalized spacial score (nSPS) is 24.2. The molecule has 0 saturated carbocycles. The first kappa shape index (κ1) is 13.9. The summed E-state index contributed by atoms with van der Waals surface area (Å²) >= 11 is 0. The van der Waals surface area contributed by atoms with Crippen LogP contribution in [-0.2, 0) is 10.0 Å². The Morgan fingerprint density at radius 3 is 2.53 bits per heavy atom. The number of rotatable bonds is 2. The molecule has 6 nitrogen and oxygen atoms in total. The fourth-order valence-electron chi connectivity index (χ4n) is 1.62. The van der Waals surface area contributed by atoms with Crippen LogP contribution in [0.15, 0.2) is 41.2 Å². The molecule has 4 N–H and O–H groups in total. The molecule has 2 rings (SSSR count). The van der Waals surface area contributed by atoms with Crippen molar-refractivity contribution in [1.82, 2.24) is 9.62 Å². The number of benzene rings is 1. The zero-order valence-corrected chi connectivity index (χ0v) is 10.9. The van der Waals surface area contributed by atoms with Gasteiger partial charge in [-0.15, -0.1) is 0 Å². The Hall–Kier alpha value is -1.48. The van der Waals surface area contributed by atoms with Crippen molar-refractivity contribution in [2.24, 2.45) is 5.73 Å². The van der Waals surface area contributed by atoms with Crippen molar-refractivity contribution in [3.8, 4) is 0 Å². The van der Waals surface area contributed by atoms with Gasteiger partial charge in [-0.05, 0) is 19.1 Å². The lowest BCUT2D eigenvalue weighted by Gasteiger charge is -2.32. The molecule has 0 spiro atoms. The van der Waals surface area contributed by atoms with E-state index in [0.29, 0.717) is 10.5 Å². The Morgan fingerprint density at radius 2 is 1.95 bits per heavy atom. The molecule has 0 saturated heterocycles. The maximum atomic E-state index is 13.4. The van der Waals surface area contributed by atoms with Crippen molar-refractivity contribution in [3.63, 3.8) is 0 Å². The van der Waals surface area contributed by atoms with Crippen LogP contribution in [0.3, 0.4) is 0 Å². The van der Waals surface area contributed by atoms with Gasteiger partial charge < -0.3 is 10.8 Å². The highest BCUT2D eigenvalue weighted by atomic mass is 32.2. The summed E-state index contributed by atoms with van der Waals surface area (Å²) < 4.78 is 38.3. The number of sulfonamides is 1. The predicted molar refractivity (Wildman–Crippen MR) is 66.5 cm³/mol. The number of nitrogens with two attached hydrogens (primary N) is 1. The van der Waals surface area contributed by atoms with Crippen LogP contribution in [0, 0.1) is 6.92 Å². The monoisotopic (exact) mass is 287 g/mol. The third-order valence-electron chi connectivity index (χ3n) is 2.71.